The van der Waals surface area contributed by atoms with Crippen LogP contribution in [0.2, 0.25) is 0 Å². The Kier molecular flexibility index (Phi) is 5.27. The Labute approximate surface area is 96.8 Å². The highest BCUT2D eigenvalue weighted by atomic mass is 16.4. The van der Waals surface area contributed by atoms with E-state index in [1.807, 2.05) is 6.92 Å². The maximum Gasteiger partial charge on any atom is 0.326 e. The summed E-state index contributed by atoms with van der Waals surface area (Å²) in [6.45, 7) is 7.92. The van der Waals surface area contributed by atoms with Crippen molar-refractivity contribution in [1.29, 1.82) is 0 Å². The van der Waals surface area contributed by atoms with Crippen LogP contribution in [0.4, 0.5) is 4.79 Å². The standard InChI is InChI=1S/C11H22N2O3/c1-6-7-13(5)10(16)12-8(9(14)15)11(2,3)4/h8H,6-7H2,1-5H3,(H,12,16)(H,14,15). The minimum absolute atomic E-state index is 0.343. The van der Waals surface area contributed by atoms with Crippen molar-refractivity contribution < 1.29 is 14.7 Å². The molecular formula is C11H22N2O3. The maximum absolute atomic E-state index is 11.6. The molecule has 0 spiro atoms. The van der Waals surface area contributed by atoms with Crippen LogP contribution >= 0.6 is 0 Å². The van der Waals surface area contributed by atoms with Gasteiger partial charge in [0.2, 0.25) is 0 Å². The Balaban J connectivity index is 4.54. The van der Waals surface area contributed by atoms with Crippen LogP contribution in [0, 0.1) is 5.41 Å². The van der Waals surface area contributed by atoms with E-state index < -0.39 is 17.4 Å². The van der Waals surface area contributed by atoms with E-state index in [-0.39, 0.29) is 6.03 Å². The number of rotatable bonds is 4. The first-order valence-corrected chi connectivity index (χ1v) is 5.44. The number of carboxylic acid groups (broad SMARTS) is 1. The van der Waals surface area contributed by atoms with Gasteiger partial charge in [-0.2, -0.15) is 0 Å². The Morgan fingerprint density at radius 2 is 1.88 bits per heavy atom. The number of hydrogen-bond acceptors (Lipinski definition) is 2. The molecule has 2 amide bonds. The predicted octanol–water partition coefficient (Wildman–Crippen LogP) is 1.54. The Morgan fingerprint density at radius 3 is 2.19 bits per heavy atom. The summed E-state index contributed by atoms with van der Waals surface area (Å²) in [5.74, 6) is -1.01. The molecule has 5 nitrogen and oxygen atoms in total. The topological polar surface area (TPSA) is 69.6 Å². The molecular weight excluding hydrogens is 208 g/mol. The van der Waals surface area contributed by atoms with Gasteiger partial charge in [-0.25, -0.2) is 9.59 Å². The number of nitrogens with one attached hydrogen (secondary N) is 1. The second-order valence-electron chi connectivity index (χ2n) is 5.01. The lowest BCUT2D eigenvalue weighted by molar-refractivity contribution is -0.142. The number of carbonyl (C=O) groups is 2. The van der Waals surface area contributed by atoms with Crippen LogP contribution in [0.25, 0.3) is 0 Å². The summed E-state index contributed by atoms with van der Waals surface area (Å²) in [7, 11) is 1.65. The summed E-state index contributed by atoms with van der Waals surface area (Å²) in [6.07, 6.45) is 0.844. The molecule has 0 aromatic carbocycles. The summed E-state index contributed by atoms with van der Waals surface area (Å²) in [5, 5.41) is 11.6. The normalized spacial score (nSPS) is 13.1. The van der Waals surface area contributed by atoms with E-state index in [1.54, 1.807) is 27.8 Å². The summed E-state index contributed by atoms with van der Waals surface area (Å²) in [6, 6.07) is -1.22. The lowest BCUT2D eigenvalue weighted by Crippen LogP contribution is -2.52. The predicted molar refractivity (Wildman–Crippen MR) is 62.3 cm³/mol. The van der Waals surface area contributed by atoms with Crippen molar-refractivity contribution in [3.63, 3.8) is 0 Å². The van der Waals surface area contributed by atoms with Gasteiger partial charge in [-0.1, -0.05) is 27.7 Å². The van der Waals surface area contributed by atoms with Gasteiger partial charge >= 0.3 is 12.0 Å². The van der Waals surface area contributed by atoms with Crippen molar-refractivity contribution in [1.82, 2.24) is 10.2 Å². The van der Waals surface area contributed by atoms with Crippen LogP contribution in [-0.4, -0.2) is 41.6 Å². The first-order valence-electron chi connectivity index (χ1n) is 5.44. The molecule has 1 unspecified atom stereocenters. The summed E-state index contributed by atoms with van der Waals surface area (Å²) < 4.78 is 0. The molecule has 94 valence electrons. The highest BCUT2D eigenvalue weighted by molar-refractivity contribution is 5.83. The smallest absolute Gasteiger partial charge is 0.326 e. The molecule has 1 atom stereocenters. The van der Waals surface area contributed by atoms with Gasteiger partial charge in [-0.3, -0.25) is 0 Å². The molecule has 0 heterocycles. The molecule has 0 fully saturated rings. The molecule has 16 heavy (non-hydrogen) atoms. The van der Waals surface area contributed by atoms with Crippen molar-refractivity contribution in [3.8, 4) is 0 Å². The van der Waals surface area contributed by atoms with E-state index in [4.69, 9.17) is 5.11 Å². The molecule has 0 saturated heterocycles. The quantitative estimate of drug-likeness (QED) is 0.769. The van der Waals surface area contributed by atoms with Crippen molar-refractivity contribution in [2.75, 3.05) is 13.6 Å². The molecule has 0 saturated carbocycles. The number of nitrogens with zero attached hydrogens (tertiary/aromatic N) is 1. The zero-order valence-electron chi connectivity index (χ0n) is 10.7. The number of hydrogen-bond donors (Lipinski definition) is 2. The zero-order valence-corrected chi connectivity index (χ0v) is 10.7. The van der Waals surface area contributed by atoms with Gasteiger partial charge in [-0.05, 0) is 11.8 Å². The van der Waals surface area contributed by atoms with Gasteiger partial charge in [0.1, 0.15) is 6.04 Å². The van der Waals surface area contributed by atoms with Crippen LogP contribution in [0.3, 0.4) is 0 Å². The van der Waals surface area contributed by atoms with E-state index in [2.05, 4.69) is 5.32 Å². The van der Waals surface area contributed by atoms with Crippen LogP contribution in [0.1, 0.15) is 34.1 Å². The highest BCUT2D eigenvalue weighted by Gasteiger charge is 2.33. The molecule has 0 aromatic heterocycles. The minimum atomic E-state index is -1.01. The Hall–Kier alpha value is -1.26. The van der Waals surface area contributed by atoms with E-state index in [0.717, 1.165) is 6.42 Å². The fourth-order valence-electron chi connectivity index (χ4n) is 1.32. The van der Waals surface area contributed by atoms with Crippen LogP contribution in [0.5, 0.6) is 0 Å². The van der Waals surface area contributed by atoms with Crippen molar-refractivity contribution in [2.45, 2.75) is 40.2 Å². The summed E-state index contributed by atoms with van der Waals surface area (Å²) in [4.78, 5) is 24.2. The highest BCUT2D eigenvalue weighted by Crippen LogP contribution is 2.19. The SMILES string of the molecule is CCCN(C)C(=O)NC(C(=O)O)C(C)(C)C. The molecule has 0 aliphatic heterocycles. The van der Waals surface area contributed by atoms with Crippen molar-refractivity contribution in [2.24, 2.45) is 5.41 Å². The molecule has 2 N–H and O–H groups in total. The average molecular weight is 230 g/mol. The maximum atomic E-state index is 11.6. The van der Waals surface area contributed by atoms with Gasteiger partial charge < -0.3 is 15.3 Å². The fourth-order valence-corrected chi connectivity index (χ4v) is 1.32. The monoisotopic (exact) mass is 230 g/mol. The van der Waals surface area contributed by atoms with E-state index in [1.165, 1.54) is 4.90 Å². The van der Waals surface area contributed by atoms with E-state index >= 15 is 0 Å². The molecule has 5 heteroatoms. The number of carbonyl (C=O) groups excluding carboxylic acids is 1. The largest absolute Gasteiger partial charge is 0.480 e. The second kappa shape index (κ2) is 5.72. The Morgan fingerprint density at radius 1 is 1.38 bits per heavy atom. The van der Waals surface area contributed by atoms with Crippen molar-refractivity contribution in [3.05, 3.63) is 0 Å². The third kappa shape index (κ3) is 4.51. The second-order valence-corrected chi connectivity index (χ2v) is 5.01. The molecule has 0 aliphatic rings. The molecule has 0 bridgehead atoms. The van der Waals surface area contributed by atoms with Crippen molar-refractivity contribution >= 4 is 12.0 Å². The minimum Gasteiger partial charge on any atom is -0.480 e. The molecule has 0 aliphatic carbocycles. The summed E-state index contributed by atoms with van der Waals surface area (Å²) in [5.41, 5.74) is -0.505. The number of aliphatic carboxylic acids is 1. The lowest BCUT2D eigenvalue weighted by atomic mass is 9.87. The molecule has 0 radical (unpaired) electrons. The number of carboxylic acids is 1. The van der Waals surface area contributed by atoms with E-state index in [9.17, 15) is 9.59 Å². The Bertz CT molecular complexity index is 258. The lowest BCUT2D eigenvalue weighted by Gasteiger charge is -2.29. The van der Waals surface area contributed by atoms with E-state index in [0.29, 0.717) is 6.54 Å². The first-order chi connectivity index (χ1) is 7.20. The molecule has 0 aromatic rings. The molecule has 0 rings (SSSR count). The summed E-state index contributed by atoms with van der Waals surface area (Å²) >= 11 is 0. The van der Waals surface area contributed by atoms with Gasteiger partial charge in [0.15, 0.2) is 0 Å². The van der Waals surface area contributed by atoms with Gasteiger partial charge in [-0.15, -0.1) is 0 Å². The number of urea groups is 1. The zero-order chi connectivity index (χ0) is 12.9. The van der Waals surface area contributed by atoms with Gasteiger partial charge in [0, 0.05) is 13.6 Å². The number of amides is 2. The van der Waals surface area contributed by atoms with Gasteiger partial charge in [0.25, 0.3) is 0 Å². The fraction of sp³-hybridized carbons (Fsp3) is 0.818. The van der Waals surface area contributed by atoms with Crippen LogP contribution in [0.15, 0.2) is 0 Å². The first kappa shape index (κ1) is 14.7. The average Bonchev–Trinajstić information content (AvgIpc) is 2.11. The van der Waals surface area contributed by atoms with Crippen LogP contribution in [-0.2, 0) is 4.79 Å². The van der Waals surface area contributed by atoms with Gasteiger partial charge in [0.05, 0.1) is 0 Å². The third-order valence-electron chi connectivity index (χ3n) is 2.29. The third-order valence-corrected chi connectivity index (χ3v) is 2.29. The van der Waals surface area contributed by atoms with Crippen LogP contribution < -0.4 is 5.32 Å².